The lowest BCUT2D eigenvalue weighted by Gasteiger charge is -2.19. The van der Waals surface area contributed by atoms with Crippen molar-refractivity contribution in [1.29, 1.82) is 0 Å². The fraction of sp³-hybridized carbons (Fsp3) is 0.294. The van der Waals surface area contributed by atoms with E-state index >= 15 is 0 Å². The summed E-state index contributed by atoms with van der Waals surface area (Å²) in [5.74, 6) is 2.43. The maximum atomic E-state index is 6.03. The van der Waals surface area contributed by atoms with E-state index in [1.165, 1.54) is 30.4 Å². The zero-order chi connectivity index (χ0) is 13.1. The first-order valence-electron chi connectivity index (χ1n) is 6.80. The van der Waals surface area contributed by atoms with Crippen molar-refractivity contribution in [1.82, 2.24) is 0 Å². The summed E-state index contributed by atoms with van der Waals surface area (Å²) in [6, 6.07) is 14.4. The Morgan fingerprint density at radius 1 is 0.947 bits per heavy atom. The van der Waals surface area contributed by atoms with Crippen molar-refractivity contribution in [2.45, 2.75) is 31.6 Å². The molecule has 0 spiro atoms. The van der Waals surface area contributed by atoms with Crippen molar-refractivity contribution in [3.05, 3.63) is 59.2 Å². The Morgan fingerprint density at radius 2 is 1.74 bits per heavy atom. The van der Waals surface area contributed by atoms with Crippen LogP contribution >= 0.6 is 11.6 Å². The van der Waals surface area contributed by atoms with Crippen LogP contribution in [0.3, 0.4) is 0 Å². The summed E-state index contributed by atoms with van der Waals surface area (Å²) in [4.78, 5) is 0. The van der Waals surface area contributed by atoms with Crippen LogP contribution in [-0.2, 0) is 18.7 Å². The van der Waals surface area contributed by atoms with Gasteiger partial charge in [-0.3, -0.25) is 0 Å². The second-order valence-electron chi connectivity index (χ2n) is 4.98. The fourth-order valence-electron chi connectivity index (χ4n) is 2.62. The smallest absolute Gasteiger partial charge is 0.130 e. The number of ether oxygens (including phenoxy) is 1. The first-order valence-corrected chi connectivity index (χ1v) is 7.34. The molecule has 0 bridgehead atoms. The number of aryl methyl sites for hydroxylation is 1. The minimum absolute atomic E-state index is 0.543. The molecule has 2 heteroatoms. The van der Waals surface area contributed by atoms with Gasteiger partial charge < -0.3 is 4.74 Å². The van der Waals surface area contributed by atoms with E-state index in [4.69, 9.17) is 16.3 Å². The van der Waals surface area contributed by atoms with E-state index in [1.54, 1.807) is 0 Å². The number of benzene rings is 2. The lowest BCUT2D eigenvalue weighted by molar-refractivity contribution is 0.470. The van der Waals surface area contributed by atoms with Crippen LogP contribution in [0.15, 0.2) is 42.5 Å². The molecule has 0 saturated carbocycles. The number of alkyl halides is 1. The van der Waals surface area contributed by atoms with Crippen LogP contribution in [0.2, 0.25) is 0 Å². The third-order valence-corrected chi connectivity index (χ3v) is 3.97. The summed E-state index contributed by atoms with van der Waals surface area (Å²) >= 11 is 5.79. The highest BCUT2D eigenvalue weighted by Crippen LogP contribution is 2.32. The molecule has 0 aromatic heterocycles. The lowest BCUT2D eigenvalue weighted by Crippen LogP contribution is -2.04. The predicted octanol–water partition coefficient (Wildman–Crippen LogP) is 5.10. The molecule has 0 N–H and O–H groups in total. The highest BCUT2D eigenvalue weighted by Gasteiger charge is 2.14. The summed E-state index contributed by atoms with van der Waals surface area (Å²) in [6.07, 6.45) is 4.86. The van der Waals surface area contributed by atoms with Gasteiger partial charge in [0.15, 0.2) is 0 Å². The normalized spacial score (nSPS) is 13.9. The standard InChI is InChI=1S/C17H17ClO/c18-12-13-8-10-15(11-9-13)19-17-7-3-5-14-4-1-2-6-16(14)17/h3,5,7-11H,1-2,4,6,12H2. The molecular weight excluding hydrogens is 256 g/mol. The molecule has 1 aliphatic carbocycles. The highest BCUT2D eigenvalue weighted by atomic mass is 35.5. The Labute approximate surface area is 119 Å². The van der Waals surface area contributed by atoms with Gasteiger partial charge in [-0.15, -0.1) is 11.6 Å². The zero-order valence-corrected chi connectivity index (χ0v) is 11.6. The summed E-state index contributed by atoms with van der Waals surface area (Å²) < 4.78 is 6.03. The van der Waals surface area contributed by atoms with Gasteiger partial charge in [0.2, 0.25) is 0 Å². The quantitative estimate of drug-likeness (QED) is 0.707. The maximum absolute atomic E-state index is 6.03. The van der Waals surface area contributed by atoms with Gasteiger partial charge in [0, 0.05) is 5.88 Å². The first-order chi connectivity index (χ1) is 9.36. The summed E-state index contributed by atoms with van der Waals surface area (Å²) in [7, 11) is 0. The Kier molecular flexibility index (Phi) is 3.74. The maximum Gasteiger partial charge on any atom is 0.130 e. The molecule has 0 radical (unpaired) electrons. The van der Waals surface area contributed by atoms with E-state index in [2.05, 4.69) is 18.2 Å². The molecule has 0 fully saturated rings. The molecule has 1 aliphatic rings. The van der Waals surface area contributed by atoms with Gasteiger partial charge in [0.25, 0.3) is 0 Å². The third-order valence-electron chi connectivity index (χ3n) is 3.66. The van der Waals surface area contributed by atoms with E-state index in [9.17, 15) is 0 Å². The molecule has 0 atom stereocenters. The average molecular weight is 273 g/mol. The van der Waals surface area contributed by atoms with Crippen LogP contribution < -0.4 is 4.74 Å². The van der Waals surface area contributed by atoms with E-state index in [0.717, 1.165) is 23.5 Å². The summed E-state index contributed by atoms with van der Waals surface area (Å²) in [5, 5.41) is 0. The number of rotatable bonds is 3. The molecule has 0 heterocycles. The largest absolute Gasteiger partial charge is 0.457 e. The molecule has 2 aromatic carbocycles. The van der Waals surface area contributed by atoms with Crippen LogP contribution in [0.1, 0.15) is 29.5 Å². The van der Waals surface area contributed by atoms with Crippen molar-refractivity contribution in [2.75, 3.05) is 0 Å². The fourth-order valence-corrected chi connectivity index (χ4v) is 2.79. The van der Waals surface area contributed by atoms with E-state index < -0.39 is 0 Å². The van der Waals surface area contributed by atoms with Crippen molar-refractivity contribution in [3.8, 4) is 11.5 Å². The Bertz CT molecular complexity index is 560. The van der Waals surface area contributed by atoms with Gasteiger partial charge in [-0.2, -0.15) is 0 Å². The molecular formula is C17H17ClO. The molecule has 0 saturated heterocycles. The van der Waals surface area contributed by atoms with Gasteiger partial charge in [-0.1, -0.05) is 24.3 Å². The van der Waals surface area contributed by atoms with Gasteiger partial charge in [-0.05, 0) is 60.6 Å². The van der Waals surface area contributed by atoms with Crippen LogP contribution in [0.25, 0.3) is 0 Å². The highest BCUT2D eigenvalue weighted by molar-refractivity contribution is 6.17. The Balaban J connectivity index is 1.86. The molecule has 3 rings (SSSR count). The van der Waals surface area contributed by atoms with Gasteiger partial charge in [0.05, 0.1) is 0 Å². The third kappa shape index (κ3) is 2.76. The monoisotopic (exact) mass is 272 g/mol. The number of fused-ring (bicyclic) bond motifs is 1. The van der Waals surface area contributed by atoms with Crippen molar-refractivity contribution in [3.63, 3.8) is 0 Å². The molecule has 98 valence electrons. The Morgan fingerprint density at radius 3 is 2.53 bits per heavy atom. The molecule has 0 unspecified atom stereocenters. The molecule has 2 aromatic rings. The SMILES string of the molecule is ClCc1ccc(Oc2cccc3c2CCCC3)cc1. The van der Waals surface area contributed by atoms with E-state index in [0.29, 0.717) is 5.88 Å². The van der Waals surface area contributed by atoms with Gasteiger partial charge >= 0.3 is 0 Å². The van der Waals surface area contributed by atoms with E-state index in [-0.39, 0.29) is 0 Å². The lowest BCUT2D eigenvalue weighted by atomic mass is 9.91. The summed E-state index contributed by atoms with van der Waals surface area (Å²) in [5.41, 5.74) is 3.94. The second kappa shape index (κ2) is 5.66. The van der Waals surface area contributed by atoms with Gasteiger partial charge in [0.1, 0.15) is 11.5 Å². The second-order valence-corrected chi connectivity index (χ2v) is 5.25. The van der Waals surface area contributed by atoms with Crippen molar-refractivity contribution < 1.29 is 4.74 Å². The summed E-state index contributed by atoms with van der Waals surface area (Å²) in [6.45, 7) is 0. The van der Waals surface area contributed by atoms with Crippen LogP contribution in [0, 0.1) is 0 Å². The molecule has 1 nitrogen and oxygen atoms in total. The predicted molar refractivity (Wildman–Crippen MR) is 79.2 cm³/mol. The van der Waals surface area contributed by atoms with Crippen LogP contribution in [0.4, 0.5) is 0 Å². The van der Waals surface area contributed by atoms with Gasteiger partial charge in [-0.25, -0.2) is 0 Å². The Hall–Kier alpha value is -1.47. The van der Waals surface area contributed by atoms with Crippen LogP contribution in [0.5, 0.6) is 11.5 Å². The zero-order valence-electron chi connectivity index (χ0n) is 10.9. The van der Waals surface area contributed by atoms with Crippen LogP contribution in [-0.4, -0.2) is 0 Å². The number of hydrogen-bond acceptors (Lipinski definition) is 1. The molecule has 0 amide bonds. The average Bonchev–Trinajstić information content (AvgIpc) is 2.48. The van der Waals surface area contributed by atoms with Crippen molar-refractivity contribution in [2.24, 2.45) is 0 Å². The number of hydrogen-bond donors (Lipinski definition) is 0. The minimum atomic E-state index is 0.543. The minimum Gasteiger partial charge on any atom is -0.457 e. The van der Waals surface area contributed by atoms with E-state index in [1.807, 2.05) is 24.3 Å². The van der Waals surface area contributed by atoms with Crippen molar-refractivity contribution >= 4 is 11.6 Å². The number of halogens is 1. The topological polar surface area (TPSA) is 9.23 Å². The first kappa shape index (κ1) is 12.6. The molecule has 0 aliphatic heterocycles. The molecule has 19 heavy (non-hydrogen) atoms.